The molecule has 0 radical (unpaired) electrons. The summed E-state index contributed by atoms with van der Waals surface area (Å²) in [4.78, 5) is 0. The van der Waals surface area contributed by atoms with Gasteiger partial charge in [0.15, 0.2) is 8.07 Å². The minimum absolute atomic E-state index is 0.662. The summed E-state index contributed by atoms with van der Waals surface area (Å²) in [6.45, 7) is 4.71. The van der Waals surface area contributed by atoms with Crippen molar-refractivity contribution in [2.24, 2.45) is 0 Å². The van der Waals surface area contributed by atoms with Crippen molar-refractivity contribution in [3.05, 3.63) is 113 Å². The normalized spacial score (nSPS) is 17.1. The largest absolute Gasteiger partial charge is 0.179 e. The highest BCUT2D eigenvalue weighted by Gasteiger charge is 2.46. The lowest BCUT2D eigenvalue weighted by atomic mass is 10.1. The summed E-state index contributed by atoms with van der Waals surface area (Å²) in [7, 11) is -0.0443. The molecule has 3 aromatic rings. The highest BCUT2D eigenvalue weighted by molar-refractivity contribution is 7.67. The molecule has 0 N–H and O–H groups in total. The molecule has 0 aliphatic heterocycles. The number of hydrogen-bond donors (Lipinski definition) is 0. The van der Waals surface area contributed by atoms with Crippen LogP contribution in [0.3, 0.4) is 0 Å². The van der Waals surface area contributed by atoms with Gasteiger partial charge < -0.3 is 0 Å². The second kappa shape index (κ2) is 9.43. The molecule has 3 aromatic carbocycles. The standard InChI is InChI=1S/C27H31PSi2/c1-3-24-25(4-2)27(20-26(24)28-29)30(21-14-8-5-9-15-21,22-16-10-6-11-17-22)23-18-12-7-13-19-23/h5-20,26,28H,3-4H2,1-2,29H3. The van der Waals surface area contributed by atoms with E-state index in [9.17, 15) is 0 Å². The predicted octanol–water partition coefficient (Wildman–Crippen LogP) is 4.08. The van der Waals surface area contributed by atoms with E-state index < -0.39 is 8.07 Å². The SMILES string of the molecule is CCC1=C(CC)C(P[SiH3])C=C1[Si](c1ccccc1)(c1ccccc1)c1ccccc1. The summed E-state index contributed by atoms with van der Waals surface area (Å²) < 4.78 is 0. The molecule has 0 aromatic heterocycles. The van der Waals surface area contributed by atoms with Crippen LogP contribution in [0.25, 0.3) is 0 Å². The first-order chi connectivity index (χ1) is 14.8. The van der Waals surface area contributed by atoms with Crippen LogP contribution in [0.15, 0.2) is 113 Å². The molecule has 0 bridgehead atoms. The van der Waals surface area contributed by atoms with Crippen molar-refractivity contribution in [3.63, 3.8) is 0 Å². The first kappa shape index (κ1) is 21.2. The van der Waals surface area contributed by atoms with Gasteiger partial charge in [-0.15, -0.1) is 8.13 Å². The highest BCUT2D eigenvalue weighted by Crippen LogP contribution is 2.42. The van der Waals surface area contributed by atoms with Crippen LogP contribution in [0, 0.1) is 0 Å². The molecule has 0 saturated carbocycles. The van der Waals surface area contributed by atoms with Gasteiger partial charge in [0.1, 0.15) is 0 Å². The summed E-state index contributed by atoms with van der Waals surface area (Å²) in [5.41, 5.74) is 4.02. The van der Waals surface area contributed by atoms with Crippen LogP contribution < -0.4 is 15.6 Å². The van der Waals surface area contributed by atoms with Crippen LogP contribution in [0.4, 0.5) is 0 Å². The molecular weight excluding hydrogens is 411 g/mol. The predicted molar refractivity (Wildman–Crippen MR) is 142 cm³/mol. The van der Waals surface area contributed by atoms with E-state index in [1.54, 1.807) is 16.3 Å². The third kappa shape index (κ3) is 3.52. The smallest absolute Gasteiger partial charge is 0.133 e. The van der Waals surface area contributed by atoms with Crippen LogP contribution in [-0.4, -0.2) is 23.6 Å². The topological polar surface area (TPSA) is 0 Å². The Morgan fingerprint density at radius 3 is 1.47 bits per heavy atom. The highest BCUT2D eigenvalue weighted by atomic mass is 31.3. The maximum Gasteiger partial charge on any atom is 0.179 e. The molecule has 1 aliphatic carbocycles. The van der Waals surface area contributed by atoms with E-state index in [-0.39, 0.29) is 0 Å². The summed E-state index contributed by atoms with van der Waals surface area (Å²) >= 11 is 0. The van der Waals surface area contributed by atoms with E-state index >= 15 is 0 Å². The van der Waals surface area contributed by atoms with Crippen molar-refractivity contribution in [3.8, 4) is 0 Å². The number of benzene rings is 3. The lowest BCUT2D eigenvalue weighted by molar-refractivity contribution is 1.00. The van der Waals surface area contributed by atoms with Gasteiger partial charge in [-0.2, -0.15) is 0 Å². The van der Waals surface area contributed by atoms with Gasteiger partial charge in [-0.1, -0.05) is 116 Å². The minimum atomic E-state index is -2.37. The molecule has 2 atom stereocenters. The number of rotatable bonds is 7. The molecule has 2 unspecified atom stereocenters. The third-order valence-corrected chi connectivity index (χ3v) is 14.4. The summed E-state index contributed by atoms with van der Waals surface area (Å²) in [5.74, 6) is 0. The summed E-state index contributed by atoms with van der Waals surface area (Å²) in [5, 5.41) is 6.13. The molecule has 0 nitrogen and oxygen atoms in total. The zero-order chi connectivity index (χ0) is 21.0. The molecule has 0 fully saturated rings. The summed E-state index contributed by atoms with van der Waals surface area (Å²) in [6.07, 6.45) is 4.99. The van der Waals surface area contributed by atoms with Crippen LogP contribution in [0.5, 0.6) is 0 Å². The van der Waals surface area contributed by atoms with E-state index in [1.165, 1.54) is 31.9 Å². The molecule has 0 saturated heterocycles. The zero-order valence-electron chi connectivity index (χ0n) is 18.2. The Morgan fingerprint density at radius 1 is 0.700 bits per heavy atom. The molecule has 0 spiro atoms. The van der Waals surface area contributed by atoms with Crippen molar-refractivity contribution in [1.82, 2.24) is 0 Å². The van der Waals surface area contributed by atoms with Crippen LogP contribution in [-0.2, 0) is 0 Å². The van der Waals surface area contributed by atoms with Crippen LogP contribution in [0.2, 0.25) is 0 Å². The Hall–Kier alpha value is -2.00. The van der Waals surface area contributed by atoms with E-state index in [2.05, 4.69) is 111 Å². The molecule has 3 heteroatoms. The fourth-order valence-corrected chi connectivity index (χ4v) is 13.2. The Bertz CT molecular complexity index is 943. The Balaban J connectivity index is 2.13. The molecule has 4 rings (SSSR count). The zero-order valence-corrected chi connectivity index (χ0v) is 22.2. The van der Waals surface area contributed by atoms with Gasteiger partial charge in [0, 0.05) is 15.6 Å². The molecule has 1 aliphatic rings. The molecular formula is C27H31PSi2. The van der Waals surface area contributed by atoms with Crippen LogP contribution >= 0.6 is 8.13 Å². The number of hydrogen-bond acceptors (Lipinski definition) is 0. The van der Waals surface area contributed by atoms with Crippen LogP contribution in [0.1, 0.15) is 26.7 Å². The van der Waals surface area contributed by atoms with Gasteiger partial charge >= 0.3 is 0 Å². The van der Waals surface area contributed by atoms with Crippen molar-refractivity contribution in [2.75, 3.05) is 0 Å². The quantitative estimate of drug-likeness (QED) is 0.294. The average Bonchev–Trinajstić information content (AvgIpc) is 3.20. The Morgan fingerprint density at radius 2 is 1.13 bits per heavy atom. The molecule has 0 amide bonds. The van der Waals surface area contributed by atoms with Gasteiger partial charge in [-0.3, -0.25) is 0 Å². The maximum atomic E-state index is 2.70. The average molecular weight is 443 g/mol. The van der Waals surface area contributed by atoms with Crippen molar-refractivity contribution in [1.29, 1.82) is 0 Å². The van der Waals surface area contributed by atoms with Gasteiger partial charge in [-0.25, -0.2) is 0 Å². The molecule has 30 heavy (non-hydrogen) atoms. The van der Waals surface area contributed by atoms with Gasteiger partial charge in [-0.05, 0) is 39.2 Å². The second-order valence-corrected chi connectivity index (χ2v) is 14.6. The first-order valence-electron chi connectivity index (χ1n) is 11.1. The van der Waals surface area contributed by atoms with E-state index in [1.807, 2.05) is 0 Å². The van der Waals surface area contributed by atoms with Crippen molar-refractivity contribution in [2.45, 2.75) is 32.3 Å². The maximum absolute atomic E-state index is 2.70. The molecule has 0 heterocycles. The van der Waals surface area contributed by atoms with E-state index in [0.717, 1.165) is 14.5 Å². The van der Waals surface area contributed by atoms with Crippen molar-refractivity contribution >= 4 is 41.7 Å². The van der Waals surface area contributed by atoms with Crippen molar-refractivity contribution < 1.29 is 0 Å². The lowest BCUT2D eigenvalue weighted by Gasteiger charge is -2.36. The minimum Gasteiger partial charge on any atom is -0.133 e. The fourth-order valence-electron chi connectivity index (χ4n) is 5.22. The fraction of sp³-hybridized carbons (Fsp3) is 0.185. The van der Waals surface area contributed by atoms with Gasteiger partial charge in [0.2, 0.25) is 0 Å². The van der Waals surface area contributed by atoms with E-state index in [4.69, 9.17) is 0 Å². The lowest BCUT2D eigenvalue weighted by Crippen LogP contribution is -2.68. The Labute approximate surface area is 187 Å². The van der Waals surface area contributed by atoms with Gasteiger partial charge in [0.05, 0.1) is 0 Å². The third-order valence-electron chi connectivity index (χ3n) is 6.49. The molecule has 152 valence electrons. The second-order valence-electron chi connectivity index (χ2n) is 7.91. The monoisotopic (exact) mass is 442 g/mol. The number of allylic oxidation sites excluding steroid dienone is 4. The summed E-state index contributed by atoms with van der Waals surface area (Å²) in [6, 6.07) is 34.1. The van der Waals surface area contributed by atoms with E-state index in [0.29, 0.717) is 5.66 Å². The van der Waals surface area contributed by atoms with Gasteiger partial charge in [0.25, 0.3) is 0 Å². The first-order valence-corrected chi connectivity index (χ1v) is 17.6. The Kier molecular flexibility index (Phi) is 6.68.